The van der Waals surface area contributed by atoms with Crippen LogP contribution in [0.3, 0.4) is 0 Å². The number of benzene rings is 1. The van der Waals surface area contributed by atoms with Gasteiger partial charge < -0.3 is 10.5 Å². The molecule has 0 aliphatic carbocycles. The van der Waals surface area contributed by atoms with Gasteiger partial charge in [0, 0.05) is 10.9 Å². The molecule has 1 unspecified atom stereocenters. The van der Waals surface area contributed by atoms with E-state index in [9.17, 15) is 0 Å². The zero-order valence-electron chi connectivity index (χ0n) is 10.2. The molecule has 1 aromatic rings. The van der Waals surface area contributed by atoms with Gasteiger partial charge in [-0.3, -0.25) is 0 Å². The van der Waals surface area contributed by atoms with Crippen LogP contribution in [0.4, 0.5) is 0 Å². The van der Waals surface area contributed by atoms with E-state index in [4.69, 9.17) is 10.5 Å². The van der Waals surface area contributed by atoms with Gasteiger partial charge in [-0.2, -0.15) is 0 Å². The first-order valence-electron chi connectivity index (χ1n) is 5.05. The molecule has 0 radical (unpaired) electrons. The van der Waals surface area contributed by atoms with Crippen LogP contribution in [0.2, 0.25) is 0 Å². The van der Waals surface area contributed by atoms with Crippen molar-refractivity contribution in [2.75, 3.05) is 13.4 Å². The van der Waals surface area contributed by atoms with Gasteiger partial charge in [-0.05, 0) is 49.8 Å². The van der Waals surface area contributed by atoms with E-state index in [2.05, 4.69) is 25.3 Å². The van der Waals surface area contributed by atoms with Crippen molar-refractivity contribution in [1.29, 1.82) is 0 Å². The fourth-order valence-corrected chi connectivity index (χ4v) is 2.26. The van der Waals surface area contributed by atoms with E-state index in [1.807, 2.05) is 6.92 Å². The molecular weight excluding hydrogens is 242 g/mol. The summed E-state index contributed by atoms with van der Waals surface area (Å²) in [6.07, 6.45) is 2.95. The van der Waals surface area contributed by atoms with Crippen molar-refractivity contribution in [1.82, 2.24) is 0 Å². The molecule has 2 N–H and O–H groups in total. The molecule has 0 aliphatic rings. The Kier molecular flexibility index (Phi) is 6.88. The van der Waals surface area contributed by atoms with Crippen LogP contribution in [-0.2, 0) is 6.42 Å². The summed E-state index contributed by atoms with van der Waals surface area (Å²) in [6, 6.07) is 4.43. The average molecular weight is 262 g/mol. The van der Waals surface area contributed by atoms with Gasteiger partial charge in [0.1, 0.15) is 5.75 Å². The van der Waals surface area contributed by atoms with Gasteiger partial charge in [0.2, 0.25) is 0 Å². The Morgan fingerprint density at radius 2 is 2.06 bits per heavy atom. The summed E-state index contributed by atoms with van der Waals surface area (Å²) in [7, 11) is 1.71. The predicted octanol–water partition coefficient (Wildman–Crippen LogP) is 3.04. The van der Waals surface area contributed by atoms with E-state index < -0.39 is 0 Å². The van der Waals surface area contributed by atoms with E-state index in [-0.39, 0.29) is 18.4 Å². The van der Waals surface area contributed by atoms with Crippen LogP contribution in [-0.4, -0.2) is 19.4 Å². The Morgan fingerprint density at radius 1 is 1.44 bits per heavy atom. The Hall–Kier alpha value is -0.380. The molecule has 0 bridgehead atoms. The van der Waals surface area contributed by atoms with Crippen LogP contribution in [0.1, 0.15) is 18.1 Å². The SMILES string of the molecule is COc1cc(C)c(SC)cc1CC(C)N.Cl. The zero-order chi connectivity index (χ0) is 11.4. The van der Waals surface area contributed by atoms with Crippen LogP contribution in [0, 0.1) is 6.92 Å². The Morgan fingerprint density at radius 3 is 2.50 bits per heavy atom. The lowest BCUT2D eigenvalue weighted by molar-refractivity contribution is 0.407. The lowest BCUT2D eigenvalue weighted by Gasteiger charge is -2.14. The summed E-state index contributed by atoms with van der Waals surface area (Å²) in [4.78, 5) is 1.30. The number of ether oxygens (including phenoxy) is 1. The molecule has 1 aromatic carbocycles. The first-order valence-corrected chi connectivity index (χ1v) is 6.28. The van der Waals surface area contributed by atoms with Crippen molar-refractivity contribution in [3.05, 3.63) is 23.3 Å². The van der Waals surface area contributed by atoms with Crippen LogP contribution < -0.4 is 10.5 Å². The van der Waals surface area contributed by atoms with Crippen molar-refractivity contribution in [3.63, 3.8) is 0 Å². The summed E-state index contributed by atoms with van der Waals surface area (Å²) in [6.45, 7) is 4.11. The Balaban J connectivity index is 0.00000225. The molecule has 0 fully saturated rings. The third kappa shape index (κ3) is 3.89. The number of hydrogen-bond donors (Lipinski definition) is 1. The topological polar surface area (TPSA) is 35.2 Å². The highest BCUT2D eigenvalue weighted by Gasteiger charge is 2.09. The molecule has 0 saturated heterocycles. The maximum absolute atomic E-state index is 5.82. The maximum Gasteiger partial charge on any atom is 0.122 e. The van der Waals surface area contributed by atoms with Gasteiger partial charge in [-0.25, -0.2) is 0 Å². The quantitative estimate of drug-likeness (QED) is 0.847. The van der Waals surface area contributed by atoms with Crippen molar-refractivity contribution in [2.45, 2.75) is 31.2 Å². The number of hydrogen-bond acceptors (Lipinski definition) is 3. The largest absolute Gasteiger partial charge is 0.496 e. The summed E-state index contributed by atoms with van der Waals surface area (Å²) in [5, 5.41) is 0. The standard InChI is InChI=1S/C12H19NOS.ClH/c1-8-5-11(14-3)10(6-9(2)13)7-12(8)15-4;/h5,7,9H,6,13H2,1-4H3;1H. The van der Waals surface area contributed by atoms with E-state index in [0.29, 0.717) is 0 Å². The second-order valence-corrected chi connectivity index (χ2v) is 4.66. The van der Waals surface area contributed by atoms with E-state index in [1.165, 1.54) is 16.0 Å². The van der Waals surface area contributed by atoms with Gasteiger partial charge in [0.05, 0.1) is 7.11 Å². The summed E-state index contributed by atoms with van der Waals surface area (Å²) in [5.41, 5.74) is 8.27. The van der Waals surface area contributed by atoms with Gasteiger partial charge in [-0.1, -0.05) is 0 Å². The third-order valence-electron chi connectivity index (χ3n) is 2.34. The molecule has 16 heavy (non-hydrogen) atoms. The molecule has 0 amide bonds. The molecule has 0 saturated carbocycles. The van der Waals surface area contributed by atoms with Crippen LogP contribution in [0.15, 0.2) is 17.0 Å². The Bertz CT molecular complexity index is 342. The monoisotopic (exact) mass is 261 g/mol. The number of rotatable bonds is 4. The maximum atomic E-state index is 5.82. The number of thioether (sulfide) groups is 1. The van der Waals surface area contributed by atoms with Gasteiger partial charge in [-0.15, -0.1) is 24.2 Å². The minimum Gasteiger partial charge on any atom is -0.496 e. The van der Waals surface area contributed by atoms with Gasteiger partial charge >= 0.3 is 0 Å². The van der Waals surface area contributed by atoms with E-state index in [0.717, 1.165) is 12.2 Å². The smallest absolute Gasteiger partial charge is 0.122 e. The highest BCUT2D eigenvalue weighted by Crippen LogP contribution is 2.29. The third-order valence-corrected chi connectivity index (χ3v) is 3.22. The van der Waals surface area contributed by atoms with E-state index >= 15 is 0 Å². The molecule has 0 spiro atoms. The first kappa shape index (κ1) is 15.6. The highest BCUT2D eigenvalue weighted by atomic mass is 35.5. The second-order valence-electron chi connectivity index (χ2n) is 3.82. The molecule has 0 heterocycles. The summed E-state index contributed by atoms with van der Waals surface area (Å²) >= 11 is 1.76. The molecular formula is C12H20ClNOS. The average Bonchev–Trinajstić information content (AvgIpc) is 2.19. The number of methoxy groups -OCH3 is 1. The fraction of sp³-hybridized carbons (Fsp3) is 0.500. The molecule has 0 aromatic heterocycles. The van der Waals surface area contributed by atoms with Crippen LogP contribution in [0.5, 0.6) is 5.75 Å². The predicted molar refractivity (Wildman–Crippen MR) is 74.1 cm³/mol. The fourth-order valence-electron chi connectivity index (χ4n) is 1.62. The summed E-state index contributed by atoms with van der Waals surface area (Å²) < 4.78 is 5.36. The highest BCUT2D eigenvalue weighted by molar-refractivity contribution is 7.98. The molecule has 4 heteroatoms. The summed E-state index contributed by atoms with van der Waals surface area (Å²) in [5.74, 6) is 0.947. The number of nitrogens with two attached hydrogens (primary N) is 1. The molecule has 92 valence electrons. The number of aryl methyl sites for hydroxylation is 1. The van der Waals surface area contributed by atoms with Gasteiger partial charge in [0.15, 0.2) is 0 Å². The lowest BCUT2D eigenvalue weighted by Crippen LogP contribution is -2.18. The molecule has 0 aliphatic heterocycles. The zero-order valence-corrected chi connectivity index (χ0v) is 11.9. The van der Waals surface area contributed by atoms with Crippen molar-refractivity contribution in [3.8, 4) is 5.75 Å². The normalized spacial score (nSPS) is 11.8. The second kappa shape index (κ2) is 7.05. The van der Waals surface area contributed by atoms with Crippen LogP contribution >= 0.6 is 24.2 Å². The molecule has 1 rings (SSSR count). The first-order chi connectivity index (χ1) is 7.08. The molecule has 2 nitrogen and oxygen atoms in total. The minimum atomic E-state index is 0. The molecule has 1 atom stereocenters. The van der Waals surface area contributed by atoms with Crippen molar-refractivity contribution < 1.29 is 4.74 Å². The lowest BCUT2D eigenvalue weighted by atomic mass is 10.0. The van der Waals surface area contributed by atoms with Crippen LogP contribution in [0.25, 0.3) is 0 Å². The van der Waals surface area contributed by atoms with Crippen molar-refractivity contribution >= 4 is 24.2 Å². The Labute approximate surface area is 108 Å². The number of halogens is 1. The van der Waals surface area contributed by atoms with Gasteiger partial charge in [0.25, 0.3) is 0 Å². The van der Waals surface area contributed by atoms with Crippen molar-refractivity contribution in [2.24, 2.45) is 5.73 Å². The minimum absolute atomic E-state index is 0. The van der Waals surface area contributed by atoms with E-state index in [1.54, 1.807) is 18.9 Å².